The van der Waals surface area contributed by atoms with Crippen molar-refractivity contribution in [3.05, 3.63) is 0 Å². The molecule has 4 saturated carbocycles. The summed E-state index contributed by atoms with van der Waals surface area (Å²) in [6.45, 7) is 6.25. The van der Waals surface area contributed by atoms with Crippen molar-refractivity contribution in [3.63, 3.8) is 0 Å². The molecule has 7 heteroatoms. The SMILES string of the molecule is CO/N=C1\C[C@H]2[C@@H]3CC[C@H](O)[C@@]3(C)CC[C@@H]2[C@@]2(C)C[C@@H](F)C(=NO[C@@H]3CCNC3)CC12. The van der Waals surface area contributed by atoms with E-state index in [2.05, 4.69) is 29.5 Å². The van der Waals surface area contributed by atoms with Crippen LogP contribution in [-0.4, -0.2) is 55.1 Å². The summed E-state index contributed by atoms with van der Waals surface area (Å²) in [6, 6.07) is 0. The fraction of sp³-hybridized carbons (Fsp3) is 0.917. The van der Waals surface area contributed by atoms with Crippen molar-refractivity contribution in [2.45, 2.75) is 83.6 Å². The number of rotatable bonds is 3. The standard InChI is InChI=1S/C24H38FN3O3/c1-23-8-6-17-15(16(23)4-5-22(23)29)10-20(27-30-3)18-11-21(19(25)12-24(17,18)2)28-31-14-7-9-26-13-14/h14-19,22,26,29H,4-13H2,1-3H3/b27-20+,28-21?/t14-,15+,16+,17+,18?,19-,22+,23+,24-/m1/s1. The number of hydrogen-bond donors (Lipinski definition) is 2. The van der Waals surface area contributed by atoms with Crippen LogP contribution >= 0.6 is 0 Å². The van der Waals surface area contributed by atoms with Crippen LogP contribution in [0.15, 0.2) is 10.3 Å². The number of aliphatic hydroxyl groups is 1. The highest BCUT2D eigenvalue weighted by Crippen LogP contribution is 2.65. The van der Waals surface area contributed by atoms with Gasteiger partial charge in [0.15, 0.2) is 0 Å². The molecule has 5 aliphatic rings. The second kappa shape index (κ2) is 7.98. The third kappa shape index (κ3) is 3.41. The zero-order valence-electron chi connectivity index (χ0n) is 19.1. The summed E-state index contributed by atoms with van der Waals surface area (Å²) in [5.41, 5.74) is 1.41. The maximum Gasteiger partial charge on any atom is 0.142 e. The van der Waals surface area contributed by atoms with Crippen molar-refractivity contribution in [2.75, 3.05) is 20.2 Å². The Bertz CT molecular complexity index is 754. The van der Waals surface area contributed by atoms with Gasteiger partial charge in [-0.25, -0.2) is 4.39 Å². The molecule has 5 rings (SSSR count). The summed E-state index contributed by atoms with van der Waals surface area (Å²) in [5.74, 6) is 1.52. The Labute approximate surface area is 185 Å². The Morgan fingerprint density at radius 3 is 2.58 bits per heavy atom. The quantitative estimate of drug-likeness (QED) is 0.663. The van der Waals surface area contributed by atoms with E-state index >= 15 is 4.39 Å². The fourth-order valence-corrected chi connectivity index (χ4v) is 8.04. The molecule has 31 heavy (non-hydrogen) atoms. The lowest BCUT2D eigenvalue weighted by molar-refractivity contribution is -0.0900. The molecule has 1 heterocycles. The molecule has 0 bridgehead atoms. The van der Waals surface area contributed by atoms with Gasteiger partial charge in [-0.05, 0) is 73.7 Å². The van der Waals surface area contributed by atoms with Gasteiger partial charge < -0.3 is 20.1 Å². The van der Waals surface area contributed by atoms with Crippen molar-refractivity contribution in [1.82, 2.24) is 5.32 Å². The van der Waals surface area contributed by atoms with Gasteiger partial charge in [0.25, 0.3) is 0 Å². The van der Waals surface area contributed by atoms with E-state index in [0.717, 1.165) is 57.3 Å². The first kappa shape index (κ1) is 21.6. The topological polar surface area (TPSA) is 75.4 Å². The summed E-state index contributed by atoms with van der Waals surface area (Å²) < 4.78 is 15.5. The zero-order chi connectivity index (χ0) is 21.8. The molecule has 0 amide bonds. The Kier molecular flexibility index (Phi) is 5.57. The molecule has 0 spiro atoms. The summed E-state index contributed by atoms with van der Waals surface area (Å²) in [5, 5.41) is 22.8. The summed E-state index contributed by atoms with van der Waals surface area (Å²) in [6.07, 6.45) is 5.65. The Balaban J connectivity index is 1.43. The first-order valence-corrected chi connectivity index (χ1v) is 12.2. The third-order valence-corrected chi connectivity index (χ3v) is 9.81. The fourth-order valence-electron chi connectivity index (χ4n) is 8.04. The molecule has 0 radical (unpaired) electrons. The predicted molar refractivity (Wildman–Crippen MR) is 118 cm³/mol. The second-order valence-electron chi connectivity index (χ2n) is 11.2. The van der Waals surface area contributed by atoms with Crippen molar-refractivity contribution in [3.8, 4) is 0 Å². The molecule has 1 unspecified atom stereocenters. The largest absolute Gasteiger partial charge is 0.399 e. The minimum absolute atomic E-state index is 0.0118. The maximum absolute atomic E-state index is 15.5. The number of aliphatic hydroxyl groups excluding tert-OH is 1. The van der Waals surface area contributed by atoms with E-state index in [9.17, 15) is 5.11 Å². The van der Waals surface area contributed by atoms with Crippen LogP contribution in [0.2, 0.25) is 0 Å². The van der Waals surface area contributed by atoms with Crippen molar-refractivity contribution < 1.29 is 19.2 Å². The van der Waals surface area contributed by atoms with E-state index in [0.29, 0.717) is 36.3 Å². The van der Waals surface area contributed by atoms with Crippen LogP contribution in [0, 0.1) is 34.5 Å². The van der Waals surface area contributed by atoms with Crippen LogP contribution < -0.4 is 5.32 Å². The van der Waals surface area contributed by atoms with Gasteiger partial charge in [0.2, 0.25) is 0 Å². The highest BCUT2D eigenvalue weighted by molar-refractivity contribution is 5.97. The molecule has 1 aliphatic heterocycles. The Morgan fingerprint density at radius 2 is 1.84 bits per heavy atom. The van der Waals surface area contributed by atoms with Crippen LogP contribution in [0.4, 0.5) is 4.39 Å². The average Bonchev–Trinajstić information content (AvgIpc) is 3.35. The molecule has 4 aliphatic carbocycles. The highest BCUT2D eigenvalue weighted by atomic mass is 19.1. The molecule has 5 fully saturated rings. The van der Waals surface area contributed by atoms with Gasteiger partial charge in [-0.15, -0.1) is 0 Å². The van der Waals surface area contributed by atoms with Gasteiger partial charge >= 0.3 is 0 Å². The second-order valence-corrected chi connectivity index (χ2v) is 11.2. The number of oxime groups is 2. The van der Waals surface area contributed by atoms with Crippen LogP contribution in [0.5, 0.6) is 0 Å². The number of nitrogens with zero attached hydrogens (tertiary/aromatic N) is 2. The van der Waals surface area contributed by atoms with Crippen LogP contribution in [0.25, 0.3) is 0 Å². The van der Waals surface area contributed by atoms with Crippen LogP contribution in [0.1, 0.15) is 65.2 Å². The van der Waals surface area contributed by atoms with Gasteiger partial charge in [-0.1, -0.05) is 24.2 Å². The lowest BCUT2D eigenvalue weighted by Gasteiger charge is -2.60. The van der Waals surface area contributed by atoms with E-state index in [4.69, 9.17) is 9.68 Å². The first-order valence-electron chi connectivity index (χ1n) is 12.2. The number of nitrogens with one attached hydrogen (secondary N) is 1. The monoisotopic (exact) mass is 435 g/mol. The zero-order valence-corrected chi connectivity index (χ0v) is 19.1. The molecule has 6 nitrogen and oxygen atoms in total. The molecule has 2 N–H and O–H groups in total. The molecule has 1 saturated heterocycles. The number of halogens is 1. The van der Waals surface area contributed by atoms with E-state index in [1.165, 1.54) is 0 Å². The maximum atomic E-state index is 15.5. The van der Waals surface area contributed by atoms with Crippen molar-refractivity contribution >= 4 is 11.4 Å². The van der Waals surface area contributed by atoms with Crippen LogP contribution in [0.3, 0.4) is 0 Å². The Morgan fingerprint density at radius 1 is 1.03 bits per heavy atom. The van der Waals surface area contributed by atoms with Gasteiger partial charge in [-0.2, -0.15) is 0 Å². The lowest BCUT2D eigenvalue weighted by atomic mass is 9.44. The number of alkyl halides is 1. The van der Waals surface area contributed by atoms with E-state index in [-0.39, 0.29) is 29.0 Å². The van der Waals surface area contributed by atoms with Gasteiger partial charge in [-0.3, -0.25) is 0 Å². The van der Waals surface area contributed by atoms with E-state index in [1.807, 2.05) is 0 Å². The molecule has 0 aromatic rings. The van der Waals surface area contributed by atoms with Gasteiger partial charge in [0.05, 0.1) is 17.5 Å². The van der Waals surface area contributed by atoms with Crippen LogP contribution in [-0.2, 0) is 9.68 Å². The molecule has 0 aromatic carbocycles. The minimum Gasteiger partial charge on any atom is -0.399 e. The summed E-state index contributed by atoms with van der Waals surface area (Å²) >= 11 is 0. The molecular formula is C24H38FN3O3. The molecule has 9 atom stereocenters. The first-order chi connectivity index (χ1) is 14.9. The average molecular weight is 436 g/mol. The normalized spacial score (nSPS) is 52.0. The molecule has 0 aromatic heterocycles. The summed E-state index contributed by atoms with van der Waals surface area (Å²) in [4.78, 5) is 11.0. The smallest absolute Gasteiger partial charge is 0.142 e. The van der Waals surface area contributed by atoms with Gasteiger partial charge in [0.1, 0.15) is 19.4 Å². The minimum atomic E-state index is -1.07. The Hall–Kier alpha value is -1.21. The van der Waals surface area contributed by atoms with E-state index in [1.54, 1.807) is 7.11 Å². The number of hydrogen-bond acceptors (Lipinski definition) is 6. The predicted octanol–water partition coefficient (Wildman–Crippen LogP) is 3.68. The third-order valence-electron chi connectivity index (χ3n) is 9.81. The van der Waals surface area contributed by atoms with E-state index < -0.39 is 6.17 Å². The molecular weight excluding hydrogens is 397 g/mol. The van der Waals surface area contributed by atoms with Gasteiger partial charge in [0, 0.05) is 25.3 Å². The lowest BCUT2D eigenvalue weighted by Crippen LogP contribution is -2.58. The van der Waals surface area contributed by atoms with Crippen molar-refractivity contribution in [1.29, 1.82) is 0 Å². The van der Waals surface area contributed by atoms with Crippen molar-refractivity contribution in [2.24, 2.45) is 44.8 Å². The summed E-state index contributed by atoms with van der Waals surface area (Å²) in [7, 11) is 1.60. The number of fused-ring (bicyclic) bond motifs is 5. The molecule has 174 valence electrons. The highest BCUT2D eigenvalue weighted by Gasteiger charge is 2.62.